The third-order valence-electron chi connectivity index (χ3n) is 6.32. The van der Waals surface area contributed by atoms with Crippen LogP contribution in [-0.2, 0) is 16.0 Å². The number of aryl methyl sites for hydroxylation is 1. The van der Waals surface area contributed by atoms with Gasteiger partial charge in [-0.25, -0.2) is 4.79 Å². The maximum Gasteiger partial charge on any atom is 0.326 e. The lowest BCUT2D eigenvalue weighted by atomic mass is 9.97. The highest BCUT2D eigenvalue weighted by atomic mass is 16.5. The van der Waals surface area contributed by atoms with E-state index >= 15 is 0 Å². The maximum absolute atomic E-state index is 13.0. The van der Waals surface area contributed by atoms with Crippen molar-refractivity contribution in [1.29, 1.82) is 0 Å². The minimum absolute atomic E-state index is 0.108. The van der Waals surface area contributed by atoms with E-state index in [9.17, 15) is 14.4 Å². The number of fused-ring (bicyclic) bond motifs is 1. The number of anilines is 2. The number of hydrogen-bond acceptors (Lipinski definition) is 4. The van der Waals surface area contributed by atoms with Crippen molar-refractivity contribution >= 4 is 29.3 Å². The lowest BCUT2D eigenvalue weighted by molar-refractivity contribution is -0.149. The molecule has 2 aromatic rings. The molecule has 2 aliphatic rings. The van der Waals surface area contributed by atoms with Gasteiger partial charge in [-0.1, -0.05) is 18.2 Å². The first kappa shape index (κ1) is 22.8. The predicted molar refractivity (Wildman–Crippen MR) is 127 cm³/mol. The van der Waals surface area contributed by atoms with E-state index in [4.69, 9.17) is 4.74 Å². The zero-order valence-corrected chi connectivity index (χ0v) is 19.1. The van der Waals surface area contributed by atoms with E-state index in [0.29, 0.717) is 37.5 Å². The fourth-order valence-corrected chi connectivity index (χ4v) is 4.59. The van der Waals surface area contributed by atoms with Crippen LogP contribution >= 0.6 is 0 Å². The van der Waals surface area contributed by atoms with Crippen molar-refractivity contribution in [3.8, 4) is 0 Å². The van der Waals surface area contributed by atoms with E-state index in [-0.39, 0.29) is 23.8 Å². The molecule has 0 spiro atoms. The normalized spacial score (nSPS) is 18.2. The van der Waals surface area contributed by atoms with E-state index in [1.165, 1.54) is 5.56 Å². The first-order valence-corrected chi connectivity index (χ1v) is 11.8. The molecule has 1 fully saturated rings. The average Bonchev–Trinajstić information content (AvgIpc) is 3.07. The number of ether oxygens (including phenoxy) is 1. The van der Waals surface area contributed by atoms with E-state index in [1.807, 2.05) is 18.2 Å². The number of nitrogens with zero attached hydrogens (tertiary/aromatic N) is 2. The predicted octanol–water partition coefficient (Wildman–Crippen LogP) is 4.48. The summed E-state index contributed by atoms with van der Waals surface area (Å²) in [4.78, 5) is 41.5. The molecule has 2 aromatic carbocycles. The molecule has 0 aliphatic carbocycles. The fourth-order valence-electron chi connectivity index (χ4n) is 4.59. The summed E-state index contributed by atoms with van der Waals surface area (Å²) >= 11 is 0. The van der Waals surface area contributed by atoms with Crippen LogP contribution in [0.5, 0.6) is 0 Å². The fraction of sp³-hybridized carbons (Fsp3) is 0.423. The SMILES string of the molecule is CCOC(=O)C1CCCN(C(=O)c2ccc(NC(=O)N3CCCCc4ccccc43)cc2)C1. The van der Waals surface area contributed by atoms with Gasteiger partial charge in [0.15, 0.2) is 0 Å². The molecular formula is C26H31N3O4. The molecule has 1 atom stereocenters. The number of para-hydroxylation sites is 1. The molecule has 0 bridgehead atoms. The van der Waals surface area contributed by atoms with Gasteiger partial charge in [0.2, 0.25) is 0 Å². The number of hydrogen-bond donors (Lipinski definition) is 1. The lowest BCUT2D eigenvalue weighted by Crippen LogP contribution is -2.42. The highest BCUT2D eigenvalue weighted by Gasteiger charge is 2.30. The number of benzene rings is 2. The van der Waals surface area contributed by atoms with E-state index < -0.39 is 0 Å². The molecule has 3 amide bonds. The van der Waals surface area contributed by atoms with E-state index in [2.05, 4.69) is 11.4 Å². The number of piperidine rings is 1. The molecule has 174 valence electrons. The van der Waals surface area contributed by atoms with E-state index in [0.717, 1.165) is 37.8 Å². The van der Waals surface area contributed by atoms with Gasteiger partial charge in [0.05, 0.1) is 12.5 Å². The third kappa shape index (κ3) is 5.35. The number of amides is 3. The van der Waals surface area contributed by atoms with Gasteiger partial charge in [0.25, 0.3) is 5.91 Å². The molecule has 0 aromatic heterocycles. The smallest absolute Gasteiger partial charge is 0.326 e. The lowest BCUT2D eigenvalue weighted by Gasteiger charge is -2.31. The number of carbonyl (C=O) groups is 3. The second-order valence-corrected chi connectivity index (χ2v) is 8.59. The van der Waals surface area contributed by atoms with Crippen LogP contribution in [-0.4, -0.2) is 49.0 Å². The number of urea groups is 1. The van der Waals surface area contributed by atoms with Gasteiger partial charge in [-0.05, 0) is 74.9 Å². The van der Waals surface area contributed by atoms with Crippen LogP contribution in [0.25, 0.3) is 0 Å². The summed E-state index contributed by atoms with van der Waals surface area (Å²) in [6, 6.07) is 14.8. The quantitative estimate of drug-likeness (QED) is 0.698. The minimum Gasteiger partial charge on any atom is -0.466 e. The van der Waals surface area contributed by atoms with Gasteiger partial charge in [-0.2, -0.15) is 0 Å². The molecule has 2 aliphatic heterocycles. The van der Waals surface area contributed by atoms with Gasteiger partial charge in [-0.3, -0.25) is 14.5 Å². The van der Waals surface area contributed by atoms with Gasteiger partial charge in [0, 0.05) is 36.6 Å². The molecule has 7 heteroatoms. The number of nitrogens with one attached hydrogen (secondary N) is 1. The second-order valence-electron chi connectivity index (χ2n) is 8.59. The second kappa shape index (κ2) is 10.5. The third-order valence-corrected chi connectivity index (χ3v) is 6.32. The Morgan fingerprint density at radius 2 is 1.79 bits per heavy atom. The summed E-state index contributed by atoms with van der Waals surface area (Å²) in [6.07, 6.45) is 4.52. The average molecular weight is 450 g/mol. The Morgan fingerprint density at radius 3 is 2.58 bits per heavy atom. The van der Waals surface area contributed by atoms with Gasteiger partial charge >= 0.3 is 12.0 Å². The molecular weight excluding hydrogens is 418 g/mol. The van der Waals surface area contributed by atoms with Crippen molar-refractivity contribution in [3.63, 3.8) is 0 Å². The van der Waals surface area contributed by atoms with Crippen molar-refractivity contribution in [1.82, 2.24) is 4.90 Å². The van der Waals surface area contributed by atoms with Crippen LogP contribution < -0.4 is 10.2 Å². The summed E-state index contributed by atoms with van der Waals surface area (Å²) in [5, 5.41) is 2.96. The number of esters is 1. The molecule has 7 nitrogen and oxygen atoms in total. The van der Waals surface area contributed by atoms with Crippen molar-refractivity contribution in [2.24, 2.45) is 5.92 Å². The zero-order valence-electron chi connectivity index (χ0n) is 19.1. The molecule has 1 saturated heterocycles. The number of rotatable bonds is 4. The Labute approximate surface area is 194 Å². The standard InChI is InChI=1S/C26H31N3O4/c1-2-33-25(31)21-10-7-16-28(18-21)24(30)20-12-14-22(15-13-20)27-26(32)29-17-6-5-9-19-8-3-4-11-23(19)29/h3-4,8,11-15,21H,2,5-7,9-10,16-18H2,1H3,(H,27,32). The minimum atomic E-state index is -0.266. The van der Waals surface area contributed by atoms with E-state index in [1.54, 1.807) is 41.0 Å². The van der Waals surface area contributed by atoms with Crippen molar-refractivity contribution in [2.75, 3.05) is 36.5 Å². The highest BCUT2D eigenvalue weighted by molar-refractivity contribution is 6.02. The van der Waals surface area contributed by atoms with Crippen LogP contribution in [0.2, 0.25) is 0 Å². The van der Waals surface area contributed by atoms with Crippen molar-refractivity contribution in [3.05, 3.63) is 59.7 Å². The Morgan fingerprint density at radius 1 is 1.00 bits per heavy atom. The van der Waals surface area contributed by atoms with Crippen LogP contribution in [0.1, 0.15) is 48.5 Å². The molecule has 2 heterocycles. The van der Waals surface area contributed by atoms with Crippen LogP contribution in [0.3, 0.4) is 0 Å². The molecule has 1 N–H and O–H groups in total. The Bertz CT molecular complexity index is 1000. The van der Waals surface area contributed by atoms with Crippen LogP contribution in [0, 0.1) is 5.92 Å². The zero-order chi connectivity index (χ0) is 23.2. The Balaban J connectivity index is 1.40. The van der Waals surface area contributed by atoms with Gasteiger partial charge in [0.1, 0.15) is 0 Å². The maximum atomic E-state index is 13.0. The van der Waals surface area contributed by atoms with Crippen molar-refractivity contribution < 1.29 is 19.1 Å². The topological polar surface area (TPSA) is 79.0 Å². The summed E-state index contributed by atoms with van der Waals surface area (Å²) in [5.74, 6) is -0.607. The summed E-state index contributed by atoms with van der Waals surface area (Å²) in [6.45, 7) is 3.82. The molecule has 0 radical (unpaired) electrons. The first-order valence-electron chi connectivity index (χ1n) is 11.8. The highest BCUT2D eigenvalue weighted by Crippen LogP contribution is 2.27. The first-order chi connectivity index (χ1) is 16.1. The van der Waals surface area contributed by atoms with Crippen LogP contribution in [0.4, 0.5) is 16.2 Å². The largest absolute Gasteiger partial charge is 0.466 e. The number of carbonyl (C=O) groups excluding carboxylic acids is 3. The molecule has 33 heavy (non-hydrogen) atoms. The summed E-state index contributed by atoms with van der Waals surface area (Å²) in [7, 11) is 0. The summed E-state index contributed by atoms with van der Waals surface area (Å²) in [5.41, 5.74) is 3.33. The monoisotopic (exact) mass is 449 g/mol. The van der Waals surface area contributed by atoms with Crippen LogP contribution in [0.15, 0.2) is 48.5 Å². The van der Waals surface area contributed by atoms with Gasteiger partial charge < -0.3 is 15.0 Å². The molecule has 4 rings (SSSR count). The molecule has 0 saturated carbocycles. The van der Waals surface area contributed by atoms with Gasteiger partial charge in [-0.15, -0.1) is 0 Å². The number of likely N-dealkylation sites (tertiary alicyclic amines) is 1. The Kier molecular flexibility index (Phi) is 7.27. The molecule has 1 unspecified atom stereocenters. The Hall–Kier alpha value is -3.35. The van der Waals surface area contributed by atoms with Crippen molar-refractivity contribution in [2.45, 2.75) is 39.0 Å². The summed E-state index contributed by atoms with van der Waals surface area (Å²) < 4.78 is 5.13.